The van der Waals surface area contributed by atoms with Gasteiger partial charge in [-0.25, -0.2) is 8.78 Å². The highest BCUT2D eigenvalue weighted by atomic mass is 19.3. The lowest BCUT2D eigenvalue weighted by atomic mass is 9.60. The lowest BCUT2D eigenvalue weighted by Crippen LogP contribution is -2.54. The number of pyridine rings is 1. The standard InChI is InChI=1S/C20H24F2N2O3/c1-7-23-15-13(16(26)20(5,6)18(27)19(15,3)4)14(25)11-8-9-12(17(21)22)24-10(11)2/h8-9,17,25H,7H2,1-6H3. The Labute approximate surface area is 157 Å². The number of aliphatic hydroxyl groups is 1. The maximum absolute atomic E-state index is 13.1. The van der Waals surface area contributed by atoms with Crippen LogP contribution in [0.2, 0.25) is 0 Å². The number of aliphatic hydroxyl groups excluding tert-OH is 1. The third kappa shape index (κ3) is 3.31. The summed E-state index contributed by atoms with van der Waals surface area (Å²) in [5, 5.41) is 10.9. The highest BCUT2D eigenvalue weighted by Gasteiger charge is 2.55. The minimum absolute atomic E-state index is 0.0545. The first-order valence-electron chi connectivity index (χ1n) is 8.71. The Morgan fingerprint density at radius 1 is 1.19 bits per heavy atom. The van der Waals surface area contributed by atoms with Crippen LogP contribution in [0.15, 0.2) is 22.7 Å². The summed E-state index contributed by atoms with van der Waals surface area (Å²) in [6.07, 6.45) is -2.74. The molecule has 7 heteroatoms. The van der Waals surface area contributed by atoms with E-state index in [1.54, 1.807) is 20.8 Å². The van der Waals surface area contributed by atoms with E-state index >= 15 is 0 Å². The molecule has 1 fully saturated rings. The predicted molar refractivity (Wildman–Crippen MR) is 99.0 cm³/mol. The van der Waals surface area contributed by atoms with Crippen LogP contribution < -0.4 is 0 Å². The van der Waals surface area contributed by atoms with E-state index in [2.05, 4.69) is 9.98 Å². The van der Waals surface area contributed by atoms with Crippen molar-refractivity contribution in [1.82, 2.24) is 4.98 Å². The van der Waals surface area contributed by atoms with E-state index in [1.165, 1.54) is 26.8 Å². The Balaban J connectivity index is 2.80. The molecule has 1 aromatic rings. The van der Waals surface area contributed by atoms with Crippen molar-refractivity contribution in [1.29, 1.82) is 0 Å². The molecule has 0 aromatic carbocycles. The zero-order chi connectivity index (χ0) is 20.7. The monoisotopic (exact) mass is 378 g/mol. The highest BCUT2D eigenvalue weighted by Crippen LogP contribution is 2.43. The van der Waals surface area contributed by atoms with Gasteiger partial charge in [-0.05, 0) is 53.7 Å². The molecule has 0 atom stereocenters. The summed E-state index contributed by atoms with van der Waals surface area (Å²) < 4.78 is 25.7. The molecule has 0 amide bonds. The average Bonchev–Trinajstić information content (AvgIpc) is 2.58. The number of aliphatic imine (C=N–C) groups is 1. The largest absolute Gasteiger partial charge is 0.506 e. The maximum atomic E-state index is 13.1. The lowest BCUT2D eigenvalue weighted by molar-refractivity contribution is -0.141. The molecule has 0 saturated heterocycles. The second kappa shape index (κ2) is 6.94. The number of ketones is 2. The fraction of sp³-hybridized carbons (Fsp3) is 0.500. The molecule has 0 spiro atoms. The molecule has 0 aliphatic heterocycles. The summed E-state index contributed by atoms with van der Waals surface area (Å²) in [5.41, 5.74) is -2.37. The molecule has 1 aliphatic carbocycles. The van der Waals surface area contributed by atoms with Crippen LogP contribution in [0, 0.1) is 17.8 Å². The van der Waals surface area contributed by atoms with Crippen molar-refractivity contribution in [2.75, 3.05) is 6.54 Å². The van der Waals surface area contributed by atoms with Gasteiger partial charge in [-0.2, -0.15) is 0 Å². The molecule has 0 bridgehead atoms. The first-order chi connectivity index (χ1) is 12.4. The number of carbonyl (C=O) groups is 2. The Morgan fingerprint density at radius 2 is 1.78 bits per heavy atom. The molecule has 146 valence electrons. The smallest absolute Gasteiger partial charge is 0.280 e. The van der Waals surface area contributed by atoms with Gasteiger partial charge in [0.05, 0.1) is 22.1 Å². The third-order valence-electron chi connectivity index (χ3n) is 4.90. The lowest BCUT2D eigenvalue weighted by Gasteiger charge is -2.40. The molecule has 2 rings (SSSR count). The van der Waals surface area contributed by atoms with Crippen molar-refractivity contribution < 1.29 is 23.5 Å². The number of rotatable bonds is 3. The number of carbonyl (C=O) groups excluding carboxylic acids is 2. The zero-order valence-corrected chi connectivity index (χ0v) is 16.4. The van der Waals surface area contributed by atoms with Gasteiger partial charge < -0.3 is 5.11 Å². The predicted octanol–water partition coefficient (Wildman–Crippen LogP) is 4.26. The van der Waals surface area contributed by atoms with Gasteiger partial charge in [-0.3, -0.25) is 19.6 Å². The molecular formula is C20H24F2N2O3. The molecule has 1 saturated carbocycles. The fourth-order valence-corrected chi connectivity index (χ4v) is 3.47. The molecule has 1 aromatic heterocycles. The van der Waals surface area contributed by atoms with Gasteiger partial charge in [0.2, 0.25) is 0 Å². The molecule has 27 heavy (non-hydrogen) atoms. The summed E-state index contributed by atoms with van der Waals surface area (Å²) in [5.74, 6) is -1.23. The van der Waals surface area contributed by atoms with Crippen LogP contribution in [0.4, 0.5) is 8.78 Å². The van der Waals surface area contributed by atoms with Gasteiger partial charge in [-0.15, -0.1) is 0 Å². The normalized spacial score (nSPS) is 22.5. The summed E-state index contributed by atoms with van der Waals surface area (Å²) in [7, 11) is 0. The van der Waals surface area contributed by atoms with Gasteiger partial charge in [0, 0.05) is 17.8 Å². The van der Waals surface area contributed by atoms with E-state index in [9.17, 15) is 23.5 Å². The molecule has 0 unspecified atom stereocenters. The van der Waals surface area contributed by atoms with E-state index in [-0.39, 0.29) is 28.3 Å². The van der Waals surface area contributed by atoms with Gasteiger partial charge in [0.1, 0.15) is 11.5 Å². The minimum atomic E-state index is -2.74. The van der Waals surface area contributed by atoms with Crippen LogP contribution in [-0.4, -0.2) is 33.9 Å². The van der Waals surface area contributed by atoms with Crippen LogP contribution in [0.1, 0.15) is 58.0 Å². The van der Waals surface area contributed by atoms with Crippen LogP contribution in [0.5, 0.6) is 0 Å². The number of Topliss-reactive ketones (excluding diaryl/α,β-unsaturated/α-hetero) is 2. The SMILES string of the molecule is CCN=C1C(=C(O)c2ccc(C(F)F)nc2C)C(=O)C(C)(C)C(=O)C1(C)C. The first kappa shape index (κ1) is 20.9. The van der Waals surface area contributed by atoms with Crippen molar-refractivity contribution in [2.24, 2.45) is 15.8 Å². The van der Waals surface area contributed by atoms with E-state index in [0.717, 1.165) is 6.07 Å². The van der Waals surface area contributed by atoms with Crippen LogP contribution in [-0.2, 0) is 9.59 Å². The van der Waals surface area contributed by atoms with Crippen molar-refractivity contribution in [2.45, 2.75) is 48.0 Å². The number of aromatic nitrogens is 1. The van der Waals surface area contributed by atoms with E-state index in [0.29, 0.717) is 6.54 Å². The number of hydrogen-bond acceptors (Lipinski definition) is 5. The second-order valence-corrected chi connectivity index (χ2v) is 7.62. The average molecular weight is 378 g/mol. The topological polar surface area (TPSA) is 79.6 Å². The Morgan fingerprint density at radius 3 is 2.26 bits per heavy atom. The molecular weight excluding hydrogens is 354 g/mol. The van der Waals surface area contributed by atoms with Gasteiger partial charge >= 0.3 is 0 Å². The first-order valence-corrected chi connectivity index (χ1v) is 8.71. The quantitative estimate of drug-likeness (QED) is 0.484. The van der Waals surface area contributed by atoms with E-state index < -0.39 is 34.5 Å². The summed E-state index contributed by atoms with van der Waals surface area (Å²) >= 11 is 0. The Bertz CT molecular complexity index is 868. The second-order valence-electron chi connectivity index (χ2n) is 7.62. The third-order valence-corrected chi connectivity index (χ3v) is 4.90. The summed E-state index contributed by atoms with van der Waals surface area (Å²) in [4.78, 5) is 34.1. The summed E-state index contributed by atoms with van der Waals surface area (Å²) in [6, 6.07) is 2.41. The summed E-state index contributed by atoms with van der Waals surface area (Å²) in [6.45, 7) is 9.91. The van der Waals surface area contributed by atoms with Gasteiger partial charge in [-0.1, -0.05) is 0 Å². The van der Waals surface area contributed by atoms with Crippen molar-refractivity contribution in [3.05, 3.63) is 34.7 Å². The number of nitrogens with zero attached hydrogens (tertiary/aromatic N) is 2. The number of halogens is 2. The van der Waals surface area contributed by atoms with Crippen molar-refractivity contribution >= 4 is 23.0 Å². The van der Waals surface area contributed by atoms with Crippen LogP contribution in [0.3, 0.4) is 0 Å². The fourth-order valence-electron chi connectivity index (χ4n) is 3.47. The molecule has 0 radical (unpaired) electrons. The minimum Gasteiger partial charge on any atom is -0.506 e. The van der Waals surface area contributed by atoms with E-state index in [1.807, 2.05) is 0 Å². The maximum Gasteiger partial charge on any atom is 0.280 e. The van der Waals surface area contributed by atoms with Crippen LogP contribution in [0.25, 0.3) is 5.76 Å². The molecule has 1 heterocycles. The number of aryl methyl sites for hydroxylation is 1. The van der Waals surface area contributed by atoms with Crippen molar-refractivity contribution in [3.63, 3.8) is 0 Å². The van der Waals surface area contributed by atoms with Gasteiger partial charge in [0.15, 0.2) is 11.6 Å². The molecule has 1 aliphatic rings. The molecule has 5 nitrogen and oxygen atoms in total. The Kier molecular flexibility index (Phi) is 5.37. The molecule has 1 N–H and O–H groups in total. The van der Waals surface area contributed by atoms with E-state index in [4.69, 9.17) is 0 Å². The van der Waals surface area contributed by atoms with Crippen LogP contribution >= 0.6 is 0 Å². The Hall–Kier alpha value is -2.44. The van der Waals surface area contributed by atoms with Gasteiger partial charge in [0.25, 0.3) is 6.43 Å². The number of allylic oxidation sites excluding steroid dienone is 1. The highest BCUT2D eigenvalue weighted by molar-refractivity contribution is 6.41. The number of hydrogen-bond donors (Lipinski definition) is 1. The number of alkyl halides is 2. The van der Waals surface area contributed by atoms with Crippen molar-refractivity contribution in [3.8, 4) is 0 Å². The zero-order valence-electron chi connectivity index (χ0n) is 16.4.